The van der Waals surface area contributed by atoms with Gasteiger partial charge in [0.05, 0.1) is 5.69 Å². The molecule has 0 amide bonds. The summed E-state index contributed by atoms with van der Waals surface area (Å²) in [4.78, 5) is 4.90. The minimum absolute atomic E-state index is 0.128. The number of aryl methyl sites for hydroxylation is 2. The molecule has 2 nitrogen and oxygen atoms in total. The molecule has 0 fully saturated rings. The van der Waals surface area contributed by atoms with E-state index in [4.69, 9.17) is 4.98 Å². The molecule has 1 aromatic heterocycles. The van der Waals surface area contributed by atoms with Gasteiger partial charge in [-0.3, -0.25) is 0 Å². The molecular formula is C23H28N2S. The fourth-order valence-electron chi connectivity index (χ4n) is 3.11. The number of anilines is 1. The molecule has 0 bridgehead atoms. The molecule has 3 rings (SSSR count). The second-order valence-electron chi connectivity index (χ2n) is 7.65. The second kappa shape index (κ2) is 7.71. The Morgan fingerprint density at radius 2 is 1.73 bits per heavy atom. The van der Waals surface area contributed by atoms with E-state index in [1.165, 1.54) is 21.9 Å². The molecule has 0 saturated heterocycles. The summed E-state index contributed by atoms with van der Waals surface area (Å²) in [6.07, 6.45) is 1.00. The number of aromatic nitrogens is 1. The monoisotopic (exact) mass is 364 g/mol. The van der Waals surface area contributed by atoms with Crippen molar-refractivity contribution in [1.82, 2.24) is 4.98 Å². The van der Waals surface area contributed by atoms with Gasteiger partial charge in [-0.15, -0.1) is 0 Å². The zero-order valence-electron chi connectivity index (χ0n) is 16.4. The summed E-state index contributed by atoms with van der Waals surface area (Å²) in [6.45, 7) is 11.8. The summed E-state index contributed by atoms with van der Waals surface area (Å²) >= 11 is 1.83. The van der Waals surface area contributed by atoms with E-state index < -0.39 is 0 Å². The Morgan fingerprint density at radius 1 is 1.00 bits per heavy atom. The predicted molar refractivity (Wildman–Crippen MR) is 115 cm³/mol. The van der Waals surface area contributed by atoms with Crippen molar-refractivity contribution in [2.45, 2.75) is 57.4 Å². The maximum atomic E-state index is 4.90. The van der Waals surface area contributed by atoms with Gasteiger partial charge in [0.15, 0.2) is 0 Å². The van der Waals surface area contributed by atoms with E-state index in [9.17, 15) is 0 Å². The molecule has 1 heterocycles. The Labute approximate surface area is 161 Å². The minimum atomic E-state index is 0.128. The molecule has 0 atom stereocenters. The van der Waals surface area contributed by atoms with Crippen molar-refractivity contribution in [3.05, 3.63) is 65.4 Å². The summed E-state index contributed by atoms with van der Waals surface area (Å²) in [6, 6.07) is 17.3. The Balaban J connectivity index is 1.92. The first kappa shape index (κ1) is 18.8. The van der Waals surface area contributed by atoms with Gasteiger partial charge in [0.2, 0.25) is 0 Å². The summed E-state index contributed by atoms with van der Waals surface area (Å²) in [5.41, 5.74) is 4.90. The highest BCUT2D eigenvalue weighted by Crippen LogP contribution is 2.36. The van der Waals surface area contributed by atoms with E-state index >= 15 is 0 Å². The quantitative estimate of drug-likeness (QED) is 0.516. The highest BCUT2D eigenvalue weighted by molar-refractivity contribution is 8.00. The van der Waals surface area contributed by atoms with Crippen molar-refractivity contribution >= 4 is 28.2 Å². The molecule has 0 aliphatic carbocycles. The van der Waals surface area contributed by atoms with Gasteiger partial charge in [-0.2, -0.15) is 0 Å². The topological polar surface area (TPSA) is 24.9 Å². The van der Waals surface area contributed by atoms with E-state index in [0.29, 0.717) is 0 Å². The molecule has 2 aromatic carbocycles. The van der Waals surface area contributed by atoms with Gasteiger partial charge in [-0.1, -0.05) is 81.9 Å². The van der Waals surface area contributed by atoms with Gasteiger partial charge in [0.25, 0.3) is 0 Å². The van der Waals surface area contributed by atoms with Gasteiger partial charge in [-0.25, -0.2) is 4.98 Å². The van der Waals surface area contributed by atoms with Gasteiger partial charge >= 0.3 is 0 Å². The van der Waals surface area contributed by atoms with Crippen LogP contribution in [0.2, 0.25) is 0 Å². The molecular weight excluding hydrogens is 336 g/mol. The summed E-state index contributed by atoms with van der Waals surface area (Å²) in [7, 11) is 0. The standard InChI is InChI=1S/C23H28N2S/c1-6-17-14-21(22(25-16(17)2)26-23(3,4)5)24-15-19-12-9-11-18-10-7-8-13-20(18)19/h7-14,24H,6,15H2,1-5H3. The molecule has 136 valence electrons. The van der Waals surface area contributed by atoms with Crippen molar-refractivity contribution in [3.8, 4) is 0 Å². The first-order chi connectivity index (χ1) is 12.4. The van der Waals surface area contributed by atoms with Crippen molar-refractivity contribution in [1.29, 1.82) is 0 Å². The van der Waals surface area contributed by atoms with E-state index in [-0.39, 0.29) is 4.75 Å². The number of fused-ring (bicyclic) bond motifs is 1. The van der Waals surface area contributed by atoms with Crippen LogP contribution in [-0.4, -0.2) is 9.73 Å². The first-order valence-corrected chi connectivity index (χ1v) is 10.1. The molecule has 26 heavy (non-hydrogen) atoms. The number of nitrogens with one attached hydrogen (secondary N) is 1. The Kier molecular flexibility index (Phi) is 5.57. The van der Waals surface area contributed by atoms with Crippen LogP contribution in [0.4, 0.5) is 5.69 Å². The van der Waals surface area contributed by atoms with Crippen LogP contribution in [0, 0.1) is 6.92 Å². The molecule has 0 aliphatic rings. The number of pyridine rings is 1. The van der Waals surface area contributed by atoms with Gasteiger partial charge in [0.1, 0.15) is 5.03 Å². The molecule has 1 N–H and O–H groups in total. The van der Waals surface area contributed by atoms with Crippen LogP contribution in [-0.2, 0) is 13.0 Å². The van der Waals surface area contributed by atoms with E-state index in [1.54, 1.807) is 0 Å². The van der Waals surface area contributed by atoms with E-state index in [1.807, 2.05) is 11.8 Å². The van der Waals surface area contributed by atoms with Crippen LogP contribution in [0.25, 0.3) is 10.8 Å². The van der Waals surface area contributed by atoms with Crippen LogP contribution in [0.5, 0.6) is 0 Å². The highest BCUT2D eigenvalue weighted by Gasteiger charge is 2.18. The number of thioether (sulfide) groups is 1. The average Bonchev–Trinajstić information content (AvgIpc) is 2.59. The predicted octanol–water partition coefficient (Wildman–Crippen LogP) is 6.61. The Morgan fingerprint density at radius 3 is 2.46 bits per heavy atom. The molecule has 3 aromatic rings. The zero-order chi connectivity index (χ0) is 18.7. The molecule has 0 unspecified atom stereocenters. The summed E-state index contributed by atoms with van der Waals surface area (Å²) in [5.74, 6) is 0. The van der Waals surface area contributed by atoms with Crippen molar-refractivity contribution in [2.24, 2.45) is 0 Å². The van der Waals surface area contributed by atoms with E-state index in [0.717, 1.165) is 29.4 Å². The molecule has 0 spiro atoms. The molecule has 0 aliphatic heterocycles. The first-order valence-electron chi connectivity index (χ1n) is 9.27. The maximum absolute atomic E-state index is 4.90. The van der Waals surface area contributed by atoms with Crippen LogP contribution in [0.1, 0.15) is 44.5 Å². The Bertz CT molecular complexity index is 904. The van der Waals surface area contributed by atoms with Crippen LogP contribution in [0.3, 0.4) is 0 Å². The van der Waals surface area contributed by atoms with Crippen molar-refractivity contribution in [3.63, 3.8) is 0 Å². The molecule has 0 radical (unpaired) electrons. The minimum Gasteiger partial charge on any atom is -0.379 e. The van der Waals surface area contributed by atoms with Crippen LogP contribution in [0.15, 0.2) is 53.6 Å². The lowest BCUT2D eigenvalue weighted by molar-refractivity contribution is 0.798. The van der Waals surface area contributed by atoms with Gasteiger partial charge in [0, 0.05) is 17.0 Å². The maximum Gasteiger partial charge on any atom is 0.120 e. The smallest absolute Gasteiger partial charge is 0.120 e. The van der Waals surface area contributed by atoms with Crippen LogP contribution >= 0.6 is 11.8 Å². The Hall–Kier alpha value is -2.00. The SMILES string of the molecule is CCc1cc(NCc2cccc3ccccc23)c(SC(C)(C)C)nc1C. The lowest BCUT2D eigenvalue weighted by atomic mass is 10.0. The normalized spacial score (nSPS) is 11.7. The van der Waals surface area contributed by atoms with Crippen LogP contribution < -0.4 is 5.32 Å². The zero-order valence-corrected chi connectivity index (χ0v) is 17.2. The molecule has 3 heteroatoms. The van der Waals surface area contributed by atoms with E-state index in [2.05, 4.69) is 88.5 Å². The third-order valence-corrected chi connectivity index (χ3v) is 5.53. The number of hydrogen-bond donors (Lipinski definition) is 1. The van der Waals surface area contributed by atoms with Crippen molar-refractivity contribution < 1.29 is 0 Å². The lowest BCUT2D eigenvalue weighted by Crippen LogP contribution is -2.11. The molecule has 0 saturated carbocycles. The fraction of sp³-hybridized carbons (Fsp3) is 0.348. The third kappa shape index (κ3) is 4.39. The van der Waals surface area contributed by atoms with Gasteiger partial charge < -0.3 is 5.32 Å². The average molecular weight is 365 g/mol. The highest BCUT2D eigenvalue weighted by atomic mass is 32.2. The number of rotatable bonds is 5. The van der Waals surface area contributed by atoms with Gasteiger partial charge in [-0.05, 0) is 41.3 Å². The number of nitrogens with zero attached hydrogens (tertiary/aromatic N) is 1. The number of hydrogen-bond acceptors (Lipinski definition) is 3. The number of benzene rings is 2. The third-order valence-electron chi connectivity index (χ3n) is 4.42. The largest absolute Gasteiger partial charge is 0.379 e. The summed E-state index contributed by atoms with van der Waals surface area (Å²) < 4.78 is 0.128. The lowest BCUT2D eigenvalue weighted by Gasteiger charge is -2.21. The fourth-order valence-corrected chi connectivity index (χ4v) is 4.12. The van der Waals surface area contributed by atoms with Crippen molar-refractivity contribution in [2.75, 3.05) is 5.32 Å². The summed E-state index contributed by atoms with van der Waals surface area (Å²) in [5, 5.41) is 7.35. The second-order valence-corrected chi connectivity index (χ2v) is 9.46.